The minimum absolute atomic E-state index is 0. The summed E-state index contributed by atoms with van der Waals surface area (Å²) >= 11 is 0. The molecule has 1 aromatic heterocycles. The van der Waals surface area contributed by atoms with E-state index in [1.165, 1.54) is 31.5 Å². The lowest BCUT2D eigenvalue weighted by Gasteiger charge is -2.15. The molecule has 0 radical (unpaired) electrons. The molecule has 0 saturated carbocycles. The zero-order valence-electron chi connectivity index (χ0n) is 15.9. The topological polar surface area (TPSA) is 97.5 Å². The SMILES string of the molecule is COc1ccc(Nc2c(C(=O)O)cc(Cc3ccnc(N)c3F)c(F)c2F)c(F)c1.Cl. The molecule has 0 spiro atoms. The molecule has 0 bridgehead atoms. The average molecular weight is 458 g/mol. The number of nitrogen functional groups attached to an aromatic ring is 1. The highest BCUT2D eigenvalue weighted by Crippen LogP contribution is 2.32. The molecule has 164 valence electrons. The van der Waals surface area contributed by atoms with Crippen LogP contribution in [-0.2, 0) is 6.42 Å². The maximum Gasteiger partial charge on any atom is 0.337 e. The van der Waals surface area contributed by atoms with Gasteiger partial charge in [0.05, 0.1) is 24.0 Å². The first-order valence-corrected chi connectivity index (χ1v) is 8.46. The fraction of sp³-hybridized carbons (Fsp3) is 0.100. The normalized spacial score (nSPS) is 10.4. The van der Waals surface area contributed by atoms with Gasteiger partial charge < -0.3 is 20.9 Å². The van der Waals surface area contributed by atoms with Crippen LogP contribution in [0.15, 0.2) is 36.5 Å². The molecule has 2 aromatic carbocycles. The summed E-state index contributed by atoms with van der Waals surface area (Å²) in [5, 5.41) is 11.7. The number of carbonyl (C=O) groups is 1. The monoisotopic (exact) mass is 457 g/mol. The zero-order valence-corrected chi connectivity index (χ0v) is 16.7. The average Bonchev–Trinajstić information content (AvgIpc) is 2.71. The number of aromatic nitrogens is 1. The zero-order chi connectivity index (χ0) is 22.0. The van der Waals surface area contributed by atoms with Crippen molar-refractivity contribution in [3.63, 3.8) is 0 Å². The Balaban J connectivity index is 0.00000341. The number of pyridine rings is 1. The van der Waals surface area contributed by atoms with Crippen LogP contribution in [0, 0.1) is 23.3 Å². The molecule has 0 atom stereocenters. The Bertz CT molecular complexity index is 1150. The Morgan fingerprint density at radius 2 is 1.81 bits per heavy atom. The minimum atomic E-state index is -1.60. The Morgan fingerprint density at radius 1 is 1.10 bits per heavy atom. The lowest BCUT2D eigenvalue weighted by atomic mass is 10.00. The van der Waals surface area contributed by atoms with E-state index < -0.39 is 58.3 Å². The van der Waals surface area contributed by atoms with E-state index in [-0.39, 0.29) is 29.4 Å². The molecule has 3 aromatic rings. The standard InChI is InChI=1S/C20H15F4N3O3.ClH/c1-30-11-2-3-14(13(21)8-11)27-18-12(20(28)29)7-10(15(22)17(18)24)6-9-4-5-26-19(25)16(9)23;/h2-5,7-8,27H,6H2,1H3,(H2,25,26)(H,28,29);1H. The van der Waals surface area contributed by atoms with E-state index in [1.807, 2.05) is 0 Å². The van der Waals surface area contributed by atoms with Crippen LogP contribution in [0.5, 0.6) is 5.75 Å². The number of carboxylic acids is 1. The molecule has 0 amide bonds. The summed E-state index contributed by atoms with van der Waals surface area (Å²) in [6.45, 7) is 0. The van der Waals surface area contributed by atoms with Gasteiger partial charge >= 0.3 is 5.97 Å². The number of nitrogens with two attached hydrogens (primary N) is 1. The molecule has 4 N–H and O–H groups in total. The van der Waals surface area contributed by atoms with Crippen LogP contribution in [-0.4, -0.2) is 23.2 Å². The summed E-state index contributed by atoms with van der Waals surface area (Å²) in [6, 6.07) is 5.58. The van der Waals surface area contributed by atoms with Crippen LogP contribution in [0.3, 0.4) is 0 Å². The number of ether oxygens (including phenoxy) is 1. The van der Waals surface area contributed by atoms with Crippen molar-refractivity contribution in [2.45, 2.75) is 6.42 Å². The number of nitrogens with one attached hydrogen (secondary N) is 1. The van der Waals surface area contributed by atoms with Crippen molar-refractivity contribution in [3.8, 4) is 5.75 Å². The number of halogens is 5. The fourth-order valence-electron chi connectivity index (χ4n) is 2.80. The molecule has 0 aliphatic carbocycles. The minimum Gasteiger partial charge on any atom is -0.497 e. The third-order valence-corrected chi connectivity index (χ3v) is 4.33. The second kappa shape index (κ2) is 9.52. The van der Waals surface area contributed by atoms with Crippen LogP contribution in [0.1, 0.15) is 21.5 Å². The van der Waals surface area contributed by atoms with Gasteiger partial charge in [-0.05, 0) is 35.4 Å². The van der Waals surface area contributed by atoms with Crippen LogP contribution < -0.4 is 15.8 Å². The molecular formula is C20H16ClF4N3O3. The van der Waals surface area contributed by atoms with Gasteiger partial charge in [0.25, 0.3) is 0 Å². The van der Waals surface area contributed by atoms with Gasteiger partial charge in [-0.1, -0.05) is 0 Å². The second-order valence-corrected chi connectivity index (χ2v) is 6.21. The van der Waals surface area contributed by atoms with E-state index in [4.69, 9.17) is 10.5 Å². The smallest absolute Gasteiger partial charge is 0.337 e. The number of hydrogen-bond acceptors (Lipinski definition) is 5. The predicted octanol–water partition coefficient (Wildman–Crippen LogP) is 4.68. The first-order valence-electron chi connectivity index (χ1n) is 8.46. The third kappa shape index (κ3) is 4.80. The van der Waals surface area contributed by atoms with Crippen LogP contribution in [0.4, 0.5) is 34.8 Å². The van der Waals surface area contributed by atoms with E-state index in [9.17, 15) is 27.5 Å². The Kier molecular flexibility index (Phi) is 7.29. The Labute approximate surface area is 180 Å². The highest BCUT2D eigenvalue weighted by Gasteiger charge is 2.24. The van der Waals surface area contributed by atoms with Gasteiger partial charge in [0.2, 0.25) is 0 Å². The van der Waals surface area contributed by atoms with Gasteiger partial charge in [-0.2, -0.15) is 0 Å². The maximum atomic E-state index is 14.7. The summed E-state index contributed by atoms with van der Waals surface area (Å²) in [6.07, 6.45) is 0.710. The van der Waals surface area contributed by atoms with Crippen molar-refractivity contribution in [3.05, 3.63) is 76.5 Å². The molecule has 6 nitrogen and oxygen atoms in total. The number of carboxylic acid groups (broad SMARTS) is 1. The molecule has 31 heavy (non-hydrogen) atoms. The Hall–Kier alpha value is -3.53. The van der Waals surface area contributed by atoms with Crippen molar-refractivity contribution >= 4 is 35.6 Å². The van der Waals surface area contributed by atoms with Gasteiger partial charge in [0.15, 0.2) is 23.3 Å². The van der Waals surface area contributed by atoms with E-state index in [1.54, 1.807) is 0 Å². The summed E-state index contributed by atoms with van der Waals surface area (Å²) in [4.78, 5) is 15.2. The van der Waals surface area contributed by atoms with Crippen LogP contribution >= 0.6 is 12.4 Å². The highest BCUT2D eigenvalue weighted by atomic mass is 35.5. The van der Waals surface area contributed by atoms with Gasteiger partial charge in [-0.15, -0.1) is 12.4 Å². The first kappa shape index (κ1) is 23.7. The number of benzene rings is 2. The first-order chi connectivity index (χ1) is 14.2. The summed E-state index contributed by atoms with van der Waals surface area (Å²) in [7, 11) is 1.32. The summed E-state index contributed by atoms with van der Waals surface area (Å²) < 4.78 is 62.5. The van der Waals surface area contributed by atoms with Crippen LogP contribution in [0.2, 0.25) is 0 Å². The van der Waals surface area contributed by atoms with E-state index in [0.29, 0.717) is 0 Å². The lowest BCUT2D eigenvalue weighted by Crippen LogP contribution is -2.11. The van der Waals surface area contributed by atoms with Crippen molar-refractivity contribution in [2.75, 3.05) is 18.2 Å². The molecule has 11 heteroatoms. The quantitative estimate of drug-likeness (QED) is 0.465. The van der Waals surface area contributed by atoms with Crippen molar-refractivity contribution in [2.24, 2.45) is 0 Å². The molecule has 1 heterocycles. The van der Waals surface area contributed by atoms with Crippen molar-refractivity contribution in [1.82, 2.24) is 4.98 Å². The van der Waals surface area contributed by atoms with E-state index in [2.05, 4.69) is 10.3 Å². The summed E-state index contributed by atoms with van der Waals surface area (Å²) in [5.41, 5.74) is 3.11. The molecule has 3 rings (SSSR count). The van der Waals surface area contributed by atoms with Crippen molar-refractivity contribution in [1.29, 1.82) is 0 Å². The predicted molar refractivity (Wildman–Crippen MR) is 108 cm³/mol. The second-order valence-electron chi connectivity index (χ2n) is 6.21. The van der Waals surface area contributed by atoms with Crippen molar-refractivity contribution < 1.29 is 32.2 Å². The maximum absolute atomic E-state index is 14.7. The number of nitrogens with zero attached hydrogens (tertiary/aromatic N) is 1. The van der Waals surface area contributed by atoms with E-state index in [0.717, 1.165) is 12.1 Å². The lowest BCUT2D eigenvalue weighted by molar-refractivity contribution is 0.0697. The molecule has 0 aliphatic rings. The van der Waals surface area contributed by atoms with Gasteiger partial charge in [0.1, 0.15) is 11.6 Å². The largest absolute Gasteiger partial charge is 0.497 e. The summed E-state index contributed by atoms with van der Waals surface area (Å²) in [5.74, 6) is -6.60. The molecule has 0 aliphatic heterocycles. The highest BCUT2D eigenvalue weighted by molar-refractivity contribution is 5.95. The number of rotatable bonds is 6. The van der Waals surface area contributed by atoms with Gasteiger partial charge in [0, 0.05) is 18.7 Å². The van der Waals surface area contributed by atoms with E-state index >= 15 is 0 Å². The third-order valence-electron chi connectivity index (χ3n) is 4.33. The number of methoxy groups -OCH3 is 1. The fourth-order valence-corrected chi connectivity index (χ4v) is 2.80. The molecule has 0 fully saturated rings. The number of aromatic carboxylic acids is 1. The van der Waals surface area contributed by atoms with Crippen LogP contribution in [0.25, 0.3) is 0 Å². The number of hydrogen-bond donors (Lipinski definition) is 3. The molecule has 0 unspecified atom stereocenters. The Morgan fingerprint density at radius 3 is 2.42 bits per heavy atom. The number of anilines is 3. The van der Waals surface area contributed by atoms with Gasteiger partial charge in [-0.3, -0.25) is 0 Å². The molecule has 0 saturated heterocycles. The molecular weight excluding hydrogens is 442 g/mol. The van der Waals surface area contributed by atoms with Gasteiger partial charge in [-0.25, -0.2) is 27.3 Å².